The largest absolute Gasteiger partial charge is 0.382 e. The molecule has 0 saturated carbocycles. The van der Waals surface area contributed by atoms with E-state index in [0.717, 1.165) is 49.7 Å². The number of aryl methyl sites for hydroxylation is 1. The topological polar surface area (TPSA) is 153 Å². The number of fused-ring (bicyclic) bond motifs is 1. The number of anilines is 1. The Bertz CT molecular complexity index is 2370. The summed E-state index contributed by atoms with van der Waals surface area (Å²) in [5.74, 6) is 4.03. The fourth-order valence-corrected chi connectivity index (χ4v) is 6.58. The molecule has 2 aromatic carbocycles. The first-order valence-corrected chi connectivity index (χ1v) is 18.2. The van der Waals surface area contributed by atoms with Gasteiger partial charge in [0, 0.05) is 65.7 Å². The SMILES string of the molecule is Cc1cc(-c2ncc(C#CCOCCOCCNc3cccc4c3C(=O)N(C3CCC(=O)NC3=O)C4=O)cc2/C=C/c2ccccc2)cnc1-c1cccnc1. The van der Waals surface area contributed by atoms with E-state index in [9.17, 15) is 19.2 Å². The summed E-state index contributed by atoms with van der Waals surface area (Å²) in [6, 6.07) is 21.9. The second-order valence-electron chi connectivity index (χ2n) is 13.1. The van der Waals surface area contributed by atoms with Crippen LogP contribution < -0.4 is 10.6 Å². The summed E-state index contributed by atoms with van der Waals surface area (Å²) in [5, 5.41) is 5.37. The highest BCUT2D eigenvalue weighted by atomic mass is 16.5. The normalized spacial score (nSPS) is 15.1. The van der Waals surface area contributed by atoms with Gasteiger partial charge in [0.2, 0.25) is 11.8 Å². The maximum Gasteiger partial charge on any atom is 0.264 e. The molecule has 1 unspecified atom stereocenters. The summed E-state index contributed by atoms with van der Waals surface area (Å²) in [6.07, 6.45) is 11.4. The number of imide groups is 2. The van der Waals surface area contributed by atoms with Crippen LogP contribution in [-0.2, 0) is 19.1 Å². The molecule has 5 heterocycles. The number of nitrogens with one attached hydrogen (secondary N) is 2. The Kier molecular flexibility index (Phi) is 11.8. The Labute approximate surface area is 324 Å². The zero-order valence-corrected chi connectivity index (χ0v) is 30.7. The van der Waals surface area contributed by atoms with Crippen molar-refractivity contribution in [2.75, 3.05) is 38.3 Å². The fraction of sp³-hybridized carbons (Fsp3) is 0.205. The summed E-state index contributed by atoms with van der Waals surface area (Å²) in [7, 11) is 0. The van der Waals surface area contributed by atoms with Crippen molar-refractivity contribution in [3.8, 4) is 34.4 Å². The molecule has 1 saturated heterocycles. The first kappa shape index (κ1) is 37.5. The number of ether oxygens (including phenoxy) is 2. The van der Waals surface area contributed by atoms with Crippen molar-refractivity contribution >= 4 is 41.5 Å². The van der Waals surface area contributed by atoms with Crippen LogP contribution in [0.4, 0.5) is 5.69 Å². The van der Waals surface area contributed by atoms with Crippen LogP contribution in [0.5, 0.6) is 0 Å². The number of rotatable bonds is 13. The molecular weight excluding hydrogens is 709 g/mol. The molecule has 3 aromatic heterocycles. The van der Waals surface area contributed by atoms with Crippen LogP contribution >= 0.6 is 0 Å². The quantitative estimate of drug-likeness (QED) is 0.0887. The Morgan fingerprint density at radius 2 is 1.70 bits per heavy atom. The van der Waals surface area contributed by atoms with Crippen molar-refractivity contribution in [3.05, 3.63) is 131 Å². The van der Waals surface area contributed by atoms with Gasteiger partial charge in [-0.1, -0.05) is 60.4 Å². The summed E-state index contributed by atoms with van der Waals surface area (Å²) in [6.45, 7) is 3.57. The Morgan fingerprint density at radius 3 is 2.50 bits per heavy atom. The predicted octanol–water partition coefficient (Wildman–Crippen LogP) is 5.58. The van der Waals surface area contributed by atoms with Crippen molar-refractivity contribution in [1.29, 1.82) is 0 Å². The summed E-state index contributed by atoms with van der Waals surface area (Å²) in [4.78, 5) is 65.0. The van der Waals surface area contributed by atoms with Crippen LogP contribution in [0, 0.1) is 18.8 Å². The molecule has 56 heavy (non-hydrogen) atoms. The third kappa shape index (κ3) is 8.60. The molecule has 4 amide bonds. The van der Waals surface area contributed by atoms with E-state index >= 15 is 0 Å². The first-order valence-electron chi connectivity index (χ1n) is 18.2. The molecule has 0 spiro atoms. The van der Waals surface area contributed by atoms with Crippen molar-refractivity contribution < 1.29 is 28.7 Å². The number of benzene rings is 2. The monoisotopic (exact) mass is 746 g/mol. The Morgan fingerprint density at radius 1 is 0.857 bits per heavy atom. The maximum atomic E-state index is 13.3. The number of pyridine rings is 3. The number of nitrogens with zero attached hydrogens (tertiary/aromatic N) is 4. The van der Waals surface area contributed by atoms with Gasteiger partial charge in [-0.15, -0.1) is 0 Å². The summed E-state index contributed by atoms with van der Waals surface area (Å²) < 4.78 is 11.4. The third-order valence-electron chi connectivity index (χ3n) is 9.27. The van der Waals surface area contributed by atoms with Gasteiger partial charge >= 0.3 is 0 Å². The van der Waals surface area contributed by atoms with Gasteiger partial charge in [0.1, 0.15) is 12.6 Å². The molecule has 1 atom stereocenters. The number of amides is 4. The number of hydrogen-bond donors (Lipinski definition) is 2. The number of carbonyl (C=O) groups is 4. The van der Waals surface area contributed by atoms with E-state index in [1.807, 2.05) is 73.8 Å². The standard InChI is InChI=1S/C44H38N6O6/c1-29-24-34(28-48-40(29)33-11-6-18-45-27-33)41-32(15-14-30-8-3-2-4-9-30)25-31(26-47-41)10-7-20-55-22-23-56-21-19-46-36-13-5-12-35-39(36)44(54)50(43(35)53)37-16-17-38(51)49-42(37)52/h2-6,8-9,11-15,18,24-28,37,46H,16-17,19-23H2,1H3,(H,49,51,52)/b15-14+. The molecule has 0 aliphatic carbocycles. The van der Waals surface area contributed by atoms with Gasteiger partial charge in [-0.2, -0.15) is 0 Å². The van der Waals surface area contributed by atoms with Crippen molar-refractivity contribution in [2.24, 2.45) is 0 Å². The second kappa shape index (κ2) is 17.6. The van der Waals surface area contributed by atoms with Gasteiger partial charge in [-0.3, -0.25) is 44.3 Å². The number of aromatic nitrogens is 3. The van der Waals surface area contributed by atoms with Crippen molar-refractivity contribution in [1.82, 2.24) is 25.2 Å². The van der Waals surface area contributed by atoms with Gasteiger partial charge in [0.15, 0.2) is 0 Å². The minimum Gasteiger partial charge on any atom is -0.382 e. The van der Waals surface area contributed by atoms with Crippen LogP contribution in [0.3, 0.4) is 0 Å². The second-order valence-corrected chi connectivity index (χ2v) is 13.1. The van der Waals surface area contributed by atoms with E-state index in [4.69, 9.17) is 19.4 Å². The molecule has 0 bridgehead atoms. The molecule has 1 fully saturated rings. The van der Waals surface area contributed by atoms with E-state index in [0.29, 0.717) is 32.1 Å². The molecule has 7 rings (SSSR count). The highest BCUT2D eigenvalue weighted by Gasteiger charge is 2.45. The van der Waals surface area contributed by atoms with Crippen LogP contribution in [0.25, 0.3) is 34.7 Å². The number of piperidine rings is 1. The minimum absolute atomic E-state index is 0.0605. The van der Waals surface area contributed by atoms with Gasteiger partial charge in [-0.05, 0) is 60.9 Å². The molecule has 12 nitrogen and oxygen atoms in total. The smallest absolute Gasteiger partial charge is 0.264 e. The van der Waals surface area contributed by atoms with E-state index in [-0.39, 0.29) is 30.6 Å². The number of carbonyl (C=O) groups excluding carboxylic acids is 4. The highest BCUT2D eigenvalue weighted by Crippen LogP contribution is 2.32. The van der Waals surface area contributed by atoms with Gasteiger partial charge in [0.25, 0.3) is 11.8 Å². The molecule has 5 aromatic rings. The first-order chi connectivity index (χ1) is 27.4. The van der Waals surface area contributed by atoms with E-state index in [1.54, 1.807) is 36.8 Å². The average Bonchev–Trinajstić information content (AvgIpc) is 3.47. The zero-order chi connectivity index (χ0) is 38.9. The van der Waals surface area contributed by atoms with Crippen LogP contribution in [-0.4, -0.2) is 82.5 Å². The fourth-order valence-electron chi connectivity index (χ4n) is 6.58. The van der Waals surface area contributed by atoms with E-state index in [2.05, 4.69) is 33.5 Å². The molecule has 2 aliphatic heterocycles. The lowest BCUT2D eigenvalue weighted by molar-refractivity contribution is -0.136. The zero-order valence-electron chi connectivity index (χ0n) is 30.7. The summed E-state index contributed by atoms with van der Waals surface area (Å²) in [5.41, 5.74) is 8.15. The van der Waals surface area contributed by atoms with E-state index < -0.39 is 29.7 Å². The average molecular weight is 747 g/mol. The van der Waals surface area contributed by atoms with Gasteiger partial charge in [0.05, 0.1) is 42.3 Å². The Balaban J connectivity index is 0.907. The molecule has 2 N–H and O–H groups in total. The van der Waals surface area contributed by atoms with Crippen LogP contribution in [0.1, 0.15) is 55.8 Å². The minimum atomic E-state index is -1.02. The van der Waals surface area contributed by atoms with Crippen LogP contribution in [0.2, 0.25) is 0 Å². The third-order valence-corrected chi connectivity index (χ3v) is 9.27. The van der Waals surface area contributed by atoms with Crippen molar-refractivity contribution in [2.45, 2.75) is 25.8 Å². The molecule has 0 radical (unpaired) electrons. The lowest BCUT2D eigenvalue weighted by atomic mass is 10.0. The van der Waals surface area contributed by atoms with E-state index in [1.165, 1.54) is 0 Å². The Hall–Kier alpha value is -6.81. The summed E-state index contributed by atoms with van der Waals surface area (Å²) >= 11 is 0. The molecule has 280 valence electrons. The number of hydrogen-bond acceptors (Lipinski definition) is 10. The lowest BCUT2D eigenvalue weighted by Crippen LogP contribution is -2.54. The van der Waals surface area contributed by atoms with Crippen LogP contribution in [0.15, 0.2) is 97.6 Å². The molecule has 12 heteroatoms. The predicted molar refractivity (Wildman–Crippen MR) is 211 cm³/mol. The molecular formula is C44H38N6O6. The van der Waals surface area contributed by atoms with Crippen molar-refractivity contribution in [3.63, 3.8) is 0 Å². The highest BCUT2D eigenvalue weighted by molar-refractivity contribution is 6.25. The van der Waals surface area contributed by atoms with Gasteiger partial charge < -0.3 is 14.8 Å². The lowest BCUT2D eigenvalue weighted by Gasteiger charge is -2.27. The molecule has 2 aliphatic rings. The maximum absolute atomic E-state index is 13.3. The van der Waals surface area contributed by atoms with Gasteiger partial charge in [-0.25, -0.2) is 0 Å².